The van der Waals surface area contributed by atoms with Crippen LogP contribution in [-0.4, -0.2) is 20.7 Å². The van der Waals surface area contributed by atoms with E-state index in [9.17, 15) is 0 Å². The lowest BCUT2D eigenvalue weighted by atomic mass is 9.95. The molecular formula is C24H23NO. The molecule has 4 aromatic rings. The predicted octanol–water partition coefficient (Wildman–Crippen LogP) is 5.68. The third-order valence-corrected chi connectivity index (χ3v) is 5.09. The standard InChI is InChI=1S/C24H23NO/c1-25(20-11-13-21(26-2)14-12-20)16-15-24-22-9-5-3-7-18(22)17-19-8-4-6-10-23(19)24/h3-14,17H,15-16H2,1-2H3. The fourth-order valence-corrected chi connectivity index (χ4v) is 3.62. The van der Waals surface area contributed by atoms with Crippen LogP contribution in [0.2, 0.25) is 0 Å². The highest BCUT2D eigenvalue weighted by Crippen LogP contribution is 2.29. The zero-order valence-corrected chi connectivity index (χ0v) is 15.3. The minimum Gasteiger partial charge on any atom is -0.497 e. The Morgan fingerprint density at radius 3 is 1.92 bits per heavy atom. The maximum absolute atomic E-state index is 5.26. The monoisotopic (exact) mass is 341 g/mol. The number of hydrogen-bond acceptors (Lipinski definition) is 2. The van der Waals surface area contributed by atoms with Gasteiger partial charge in [-0.15, -0.1) is 0 Å². The fourth-order valence-electron chi connectivity index (χ4n) is 3.62. The second-order valence-electron chi connectivity index (χ2n) is 6.67. The smallest absolute Gasteiger partial charge is 0.119 e. The van der Waals surface area contributed by atoms with Crippen molar-refractivity contribution >= 4 is 27.2 Å². The highest BCUT2D eigenvalue weighted by molar-refractivity contribution is 6.02. The van der Waals surface area contributed by atoms with Crippen molar-refractivity contribution in [2.24, 2.45) is 0 Å². The summed E-state index contributed by atoms with van der Waals surface area (Å²) in [7, 11) is 3.85. The van der Waals surface area contributed by atoms with Crippen LogP contribution in [0.15, 0.2) is 78.9 Å². The molecule has 0 aromatic heterocycles. The van der Waals surface area contributed by atoms with Crippen LogP contribution in [0.3, 0.4) is 0 Å². The Morgan fingerprint density at radius 2 is 1.35 bits per heavy atom. The van der Waals surface area contributed by atoms with Crippen molar-refractivity contribution in [1.29, 1.82) is 0 Å². The van der Waals surface area contributed by atoms with E-state index in [1.54, 1.807) is 7.11 Å². The zero-order valence-electron chi connectivity index (χ0n) is 15.3. The Balaban J connectivity index is 1.66. The van der Waals surface area contributed by atoms with Gasteiger partial charge >= 0.3 is 0 Å². The lowest BCUT2D eigenvalue weighted by molar-refractivity contribution is 0.415. The number of methoxy groups -OCH3 is 1. The maximum atomic E-state index is 5.26. The van der Waals surface area contributed by atoms with Gasteiger partial charge in [-0.3, -0.25) is 0 Å². The van der Waals surface area contributed by atoms with Crippen molar-refractivity contribution in [1.82, 2.24) is 0 Å². The van der Waals surface area contributed by atoms with E-state index in [1.165, 1.54) is 32.8 Å². The molecule has 2 nitrogen and oxygen atoms in total. The average Bonchev–Trinajstić information content (AvgIpc) is 2.71. The fraction of sp³-hybridized carbons (Fsp3) is 0.167. The lowest BCUT2D eigenvalue weighted by Gasteiger charge is -2.21. The summed E-state index contributed by atoms with van der Waals surface area (Å²) in [4.78, 5) is 2.30. The minimum absolute atomic E-state index is 0.891. The van der Waals surface area contributed by atoms with Crippen LogP contribution in [0.1, 0.15) is 5.56 Å². The van der Waals surface area contributed by atoms with E-state index in [0.29, 0.717) is 0 Å². The third kappa shape index (κ3) is 3.11. The van der Waals surface area contributed by atoms with E-state index < -0.39 is 0 Å². The summed E-state index contributed by atoms with van der Waals surface area (Å²) in [6.45, 7) is 0.963. The summed E-state index contributed by atoms with van der Waals surface area (Å²) in [6, 6.07) is 27.9. The molecule has 0 saturated heterocycles. The van der Waals surface area contributed by atoms with E-state index in [0.717, 1.165) is 18.7 Å². The second kappa shape index (κ2) is 7.09. The number of hydrogen-bond donors (Lipinski definition) is 0. The molecule has 26 heavy (non-hydrogen) atoms. The summed E-state index contributed by atoms with van der Waals surface area (Å²) < 4.78 is 5.26. The van der Waals surface area contributed by atoms with Crippen molar-refractivity contribution in [3.05, 3.63) is 84.4 Å². The first kappa shape index (κ1) is 16.5. The quantitative estimate of drug-likeness (QED) is 0.433. The maximum Gasteiger partial charge on any atom is 0.119 e. The van der Waals surface area contributed by atoms with Gasteiger partial charge in [0, 0.05) is 19.3 Å². The van der Waals surface area contributed by atoms with Crippen molar-refractivity contribution in [3.8, 4) is 5.75 Å². The number of nitrogens with zero attached hydrogens (tertiary/aromatic N) is 1. The molecule has 0 aliphatic carbocycles. The van der Waals surface area contributed by atoms with Crippen molar-refractivity contribution in [3.63, 3.8) is 0 Å². The van der Waals surface area contributed by atoms with Crippen LogP contribution in [-0.2, 0) is 6.42 Å². The van der Waals surface area contributed by atoms with Crippen molar-refractivity contribution < 1.29 is 4.74 Å². The van der Waals surface area contributed by atoms with Crippen LogP contribution in [0.5, 0.6) is 5.75 Å². The summed E-state index contributed by atoms with van der Waals surface area (Å²) >= 11 is 0. The average molecular weight is 341 g/mol. The largest absolute Gasteiger partial charge is 0.497 e. The SMILES string of the molecule is COc1ccc(N(C)CCc2c3ccccc3cc3ccccc23)cc1. The second-order valence-corrected chi connectivity index (χ2v) is 6.67. The molecule has 0 aliphatic heterocycles. The highest BCUT2D eigenvalue weighted by atomic mass is 16.5. The lowest BCUT2D eigenvalue weighted by Crippen LogP contribution is -2.20. The molecule has 0 atom stereocenters. The van der Waals surface area contributed by atoms with Gasteiger partial charge in [-0.1, -0.05) is 48.5 Å². The Morgan fingerprint density at radius 1 is 0.769 bits per heavy atom. The molecule has 4 aromatic carbocycles. The van der Waals surface area contributed by atoms with Crippen LogP contribution in [0.25, 0.3) is 21.5 Å². The number of likely N-dealkylation sites (N-methyl/N-ethyl adjacent to an activating group) is 1. The molecule has 0 radical (unpaired) electrons. The van der Waals surface area contributed by atoms with Gasteiger partial charge in [-0.05, 0) is 63.9 Å². The van der Waals surface area contributed by atoms with Gasteiger partial charge in [0.1, 0.15) is 5.75 Å². The van der Waals surface area contributed by atoms with Crippen molar-refractivity contribution in [2.45, 2.75) is 6.42 Å². The Bertz CT molecular complexity index is 983. The van der Waals surface area contributed by atoms with Gasteiger partial charge in [-0.25, -0.2) is 0 Å². The van der Waals surface area contributed by atoms with E-state index in [1.807, 2.05) is 12.1 Å². The van der Waals surface area contributed by atoms with Gasteiger partial charge in [0.2, 0.25) is 0 Å². The highest BCUT2D eigenvalue weighted by Gasteiger charge is 2.09. The van der Waals surface area contributed by atoms with E-state index >= 15 is 0 Å². The first-order valence-corrected chi connectivity index (χ1v) is 9.01. The Kier molecular flexibility index (Phi) is 4.49. The van der Waals surface area contributed by atoms with E-state index in [-0.39, 0.29) is 0 Å². The van der Waals surface area contributed by atoms with E-state index in [4.69, 9.17) is 4.74 Å². The van der Waals surface area contributed by atoms with Crippen LogP contribution in [0.4, 0.5) is 5.69 Å². The predicted molar refractivity (Wildman–Crippen MR) is 111 cm³/mol. The van der Waals surface area contributed by atoms with Crippen molar-refractivity contribution in [2.75, 3.05) is 25.6 Å². The van der Waals surface area contributed by atoms with Crippen LogP contribution in [0, 0.1) is 0 Å². The molecular weight excluding hydrogens is 318 g/mol. The molecule has 0 spiro atoms. The number of ether oxygens (including phenoxy) is 1. The molecule has 0 amide bonds. The number of fused-ring (bicyclic) bond motifs is 2. The van der Waals surface area contributed by atoms with Crippen LogP contribution < -0.4 is 9.64 Å². The summed E-state index contributed by atoms with van der Waals surface area (Å²) in [5.41, 5.74) is 2.63. The summed E-state index contributed by atoms with van der Waals surface area (Å²) in [5.74, 6) is 0.891. The molecule has 0 fully saturated rings. The normalized spacial score (nSPS) is 11.0. The first-order chi connectivity index (χ1) is 12.8. The summed E-state index contributed by atoms with van der Waals surface area (Å²) in [6.07, 6.45) is 1.00. The van der Waals surface area contributed by atoms with Gasteiger partial charge in [0.25, 0.3) is 0 Å². The Labute approximate surface area is 154 Å². The topological polar surface area (TPSA) is 12.5 Å². The van der Waals surface area contributed by atoms with Gasteiger partial charge in [-0.2, -0.15) is 0 Å². The molecule has 0 N–H and O–H groups in total. The third-order valence-electron chi connectivity index (χ3n) is 5.09. The minimum atomic E-state index is 0.891. The van der Waals surface area contributed by atoms with Crippen LogP contribution >= 0.6 is 0 Å². The van der Waals surface area contributed by atoms with Gasteiger partial charge in [0.15, 0.2) is 0 Å². The number of rotatable bonds is 5. The molecule has 2 heteroatoms. The molecule has 0 unspecified atom stereocenters. The number of anilines is 1. The van der Waals surface area contributed by atoms with Gasteiger partial charge < -0.3 is 9.64 Å². The zero-order chi connectivity index (χ0) is 17.9. The molecule has 4 rings (SSSR count). The molecule has 0 heterocycles. The molecule has 130 valence electrons. The molecule has 0 saturated carbocycles. The number of benzene rings is 4. The molecule has 0 bridgehead atoms. The first-order valence-electron chi connectivity index (χ1n) is 9.01. The Hall–Kier alpha value is -3.00. The van der Waals surface area contributed by atoms with E-state index in [2.05, 4.69) is 78.7 Å². The molecule has 0 aliphatic rings. The van der Waals surface area contributed by atoms with Gasteiger partial charge in [0.05, 0.1) is 7.11 Å². The summed E-state index contributed by atoms with van der Waals surface area (Å²) in [5, 5.41) is 5.34.